The van der Waals surface area contributed by atoms with Crippen LogP contribution in [0.25, 0.3) is 0 Å². The molecule has 1 aliphatic carbocycles. The highest BCUT2D eigenvalue weighted by Gasteiger charge is 2.27. The van der Waals surface area contributed by atoms with Gasteiger partial charge in [0.2, 0.25) is 0 Å². The van der Waals surface area contributed by atoms with Gasteiger partial charge in [0.05, 0.1) is 13.5 Å². The molecule has 0 heterocycles. The monoisotopic (exact) mass is 273 g/mol. The van der Waals surface area contributed by atoms with Crippen molar-refractivity contribution >= 4 is 0 Å². The predicted octanol–water partition coefficient (Wildman–Crippen LogP) is 3.09. The highest BCUT2D eigenvalue weighted by molar-refractivity contribution is 5.37. The summed E-state index contributed by atoms with van der Waals surface area (Å²) in [5.41, 5.74) is 2.45. The number of halogens is 3. The Hall–Kier alpha value is -1.23. The van der Waals surface area contributed by atoms with Crippen LogP contribution in [0.3, 0.4) is 0 Å². The number of methoxy groups -OCH3 is 1. The highest BCUT2D eigenvalue weighted by atomic mass is 19.4. The predicted molar refractivity (Wildman–Crippen MR) is 67.5 cm³/mol. The lowest BCUT2D eigenvalue weighted by Gasteiger charge is -2.26. The first kappa shape index (κ1) is 14.2. The van der Waals surface area contributed by atoms with E-state index in [1.54, 1.807) is 7.11 Å². The summed E-state index contributed by atoms with van der Waals surface area (Å²) in [6.07, 6.45) is -2.29. The van der Waals surface area contributed by atoms with Crippen LogP contribution in [0.2, 0.25) is 0 Å². The van der Waals surface area contributed by atoms with Crippen molar-refractivity contribution < 1.29 is 17.9 Å². The van der Waals surface area contributed by atoms with Crippen LogP contribution in [0.1, 0.15) is 24.0 Å². The summed E-state index contributed by atoms with van der Waals surface area (Å²) in [5, 5.41) is 3.00. The van der Waals surface area contributed by atoms with Gasteiger partial charge < -0.3 is 10.1 Å². The number of hydrogen-bond donors (Lipinski definition) is 1. The third-order valence-corrected chi connectivity index (χ3v) is 3.48. The van der Waals surface area contributed by atoms with E-state index >= 15 is 0 Å². The van der Waals surface area contributed by atoms with Gasteiger partial charge >= 0.3 is 6.18 Å². The number of benzene rings is 1. The molecule has 106 valence electrons. The number of hydrogen-bond acceptors (Lipinski definition) is 2. The van der Waals surface area contributed by atoms with Crippen molar-refractivity contribution in [3.8, 4) is 5.75 Å². The molecule has 1 aliphatic rings. The molecule has 1 atom stereocenters. The number of aryl methyl sites for hydroxylation is 1. The van der Waals surface area contributed by atoms with Crippen LogP contribution in [-0.2, 0) is 12.8 Å². The van der Waals surface area contributed by atoms with E-state index in [-0.39, 0.29) is 12.6 Å². The number of alkyl halides is 3. The lowest BCUT2D eigenvalue weighted by molar-refractivity contribution is -0.133. The summed E-state index contributed by atoms with van der Waals surface area (Å²) in [6.45, 7) is -0.00648. The SMILES string of the molecule is COc1ccc2c(c1)CC(NCCC(F)(F)F)CC2. The Morgan fingerprint density at radius 1 is 1.32 bits per heavy atom. The van der Waals surface area contributed by atoms with Crippen LogP contribution in [0.15, 0.2) is 18.2 Å². The maximum Gasteiger partial charge on any atom is 0.390 e. The molecular formula is C14H18F3NO. The van der Waals surface area contributed by atoms with E-state index in [9.17, 15) is 13.2 Å². The van der Waals surface area contributed by atoms with Crippen LogP contribution in [-0.4, -0.2) is 25.9 Å². The molecule has 2 rings (SSSR count). The van der Waals surface area contributed by atoms with Gasteiger partial charge in [0, 0.05) is 12.6 Å². The number of rotatable bonds is 4. The zero-order chi connectivity index (χ0) is 13.9. The molecule has 0 amide bonds. The molecule has 1 aromatic rings. The molecule has 1 N–H and O–H groups in total. The van der Waals surface area contributed by atoms with Crippen LogP contribution in [0.4, 0.5) is 13.2 Å². The summed E-state index contributed by atoms with van der Waals surface area (Å²) < 4.78 is 41.4. The number of nitrogens with one attached hydrogen (secondary N) is 1. The molecule has 0 radical (unpaired) electrons. The highest BCUT2D eigenvalue weighted by Crippen LogP contribution is 2.26. The van der Waals surface area contributed by atoms with Gasteiger partial charge in [-0.1, -0.05) is 6.07 Å². The second-order valence-electron chi connectivity index (χ2n) is 4.89. The second-order valence-corrected chi connectivity index (χ2v) is 4.89. The van der Waals surface area contributed by atoms with Gasteiger partial charge in [-0.25, -0.2) is 0 Å². The van der Waals surface area contributed by atoms with E-state index in [1.807, 2.05) is 18.2 Å². The summed E-state index contributed by atoms with van der Waals surface area (Å²) in [5.74, 6) is 0.801. The molecule has 0 saturated carbocycles. The summed E-state index contributed by atoms with van der Waals surface area (Å²) in [6, 6.07) is 6.07. The Kier molecular flexibility index (Phi) is 4.34. The molecule has 0 aromatic heterocycles. The van der Waals surface area contributed by atoms with E-state index in [0.29, 0.717) is 0 Å². The Labute approximate surface area is 111 Å². The largest absolute Gasteiger partial charge is 0.497 e. The minimum atomic E-state index is -4.08. The molecular weight excluding hydrogens is 255 g/mol. The van der Waals surface area contributed by atoms with Gasteiger partial charge in [0.25, 0.3) is 0 Å². The van der Waals surface area contributed by atoms with Crippen LogP contribution < -0.4 is 10.1 Å². The Balaban J connectivity index is 1.90. The summed E-state index contributed by atoms with van der Waals surface area (Å²) in [7, 11) is 1.61. The molecule has 2 nitrogen and oxygen atoms in total. The average Bonchev–Trinajstić information content (AvgIpc) is 2.36. The lowest BCUT2D eigenvalue weighted by Crippen LogP contribution is -2.36. The molecule has 0 spiro atoms. The molecule has 1 unspecified atom stereocenters. The third-order valence-electron chi connectivity index (χ3n) is 3.48. The zero-order valence-electron chi connectivity index (χ0n) is 10.9. The van der Waals surface area contributed by atoms with Gasteiger partial charge in [-0.15, -0.1) is 0 Å². The van der Waals surface area contributed by atoms with Crippen molar-refractivity contribution in [2.75, 3.05) is 13.7 Å². The zero-order valence-corrected chi connectivity index (χ0v) is 10.9. The quantitative estimate of drug-likeness (QED) is 0.910. The number of ether oxygens (including phenoxy) is 1. The fourth-order valence-electron chi connectivity index (χ4n) is 2.45. The maximum atomic E-state index is 12.1. The smallest absolute Gasteiger partial charge is 0.390 e. The molecule has 5 heteroatoms. The Morgan fingerprint density at radius 3 is 2.79 bits per heavy atom. The van der Waals surface area contributed by atoms with Crippen molar-refractivity contribution in [2.45, 2.75) is 37.9 Å². The Bertz CT molecular complexity index is 431. The standard InChI is InChI=1S/C14H18F3NO/c1-19-13-5-3-10-2-4-12(8-11(10)9-13)18-7-6-14(15,16)17/h3,5,9,12,18H,2,4,6-8H2,1H3. The van der Waals surface area contributed by atoms with Gasteiger partial charge in [0.15, 0.2) is 0 Å². The third kappa shape index (κ3) is 4.13. The van der Waals surface area contributed by atoms with E-state index in [4.69, 9.17) is 4.74 Å². The Morgan fingerprint density at radius 2 is 2.11 bits per heavy atom. The van der Waals surface area contributed by atoms with Crippen molar-refractivity contribution in [1.82, 2.24) is 5.32 Å². The van der Waals surface area contributed by atoms with Crippen LogP contribution in [0.5, 0.6) is 5.75 Å². The first-order valence-electron chi connectivity index (χ1n) is 6.44. The second kappa shape index (κ2) is 5.82. The van der Waals surface area contributed by atoms with Crippen LogP contribution in [0, 0.1) is 0 Å². The van der Waals surface area contributed by atoms with E-state index < -0.39 is 12.6 Å². The summed E-state index contributed by atoms with van der Waals surface area (Å²) >= 11 is 0. The van der Waals surface area contributed by atoms with Gasteiger partial charge in [-0.05, 0) is 42.5 Å². The van der Waals surface area contributed by atoms with Crippen molar-refractivity contribution in [1.29, 1.82) is 0 Å². The van der Waals surface area contributed by atoms with E-state index in [1.165, 1.54) is 11.1 Å². The minimum absolute atomic E-state index is 0.00648. The van der Waals surface area contributed by atoms with Crippen LogP contribution >= 0.6 is 0 Å². The molecule has 19 heavy (non-hydrogen) atoms. The molecule has 0 aliphatic heterocycles. The topological polar surface area (TPSA) is 21.3 Å². The molecule has 0 saturated heterocycles. The van der Waals surface area contributed by atoms with Crippen molar-refractivity contribution in [3.63, 3.8) is 0 Å². The van der Waals surface area contributed by atoms with Gasteiger partial charge in [-0.2, -0.15) is 13.2 Å². The van der Waals surface area contributed by atoms with E-state index in [2.05, 4.69) is 5.32 Å². The first-order valence-corrected chi connectivity index (χ1v) is 6.44. The fourth-order valence-corrected chi connectivity index (χ4v) is 2.45. The lowest BCUT2D eigenvalue weighted by atomic mass is 9.88. The maximum absolute atomic E-state index is 12.1. The fraction of sp³-hybridized carbons (Fsp3) is 0.571. The normalized spacial score (nSPS) is 19.1. The minimum Gasteiger partial charge on any atom is -0.497 e. The van der Waals surface area contributed by atoms with E-state index in [0.717, 1.165) is 25.0 Å². The van der Waals surface area contributed by atoms with Crippen molar-refractivity contribution in [3.05, 3.63) is 29.3 Å². The molecule has 1 aromatic carbocycles. The number of fused-ring (bicyclic) bond motifs is 1. The van der Waals surface area contributed by atoms with Gasteiger partial charge in [0.1, 0.15) is 5.75 Å². The van der Waals surface area contributed by atoms with Crippen molar-refractivity contribution in [2.24, 2.45) is 0 Å². The molecule has 0 bridgehead atoms. The average molecular weight is 273 g/mol. The molecule has 0 fully saturated rings. The first-order chi connectivity index (χ1) is 8.98. The van der Waals surface area contributed by atoms with Gasteiger partial charge in [-0.3, -0.25) is 0 Å². The summed E-state index contributed by atoms with van der Waals surface area (Å²) in [4.78, 5) is 0.